The summed E-state index contributed by atoms with van der Waals surface area (Å²) in [7, 11) is 1.60. The highest BCUT2D eigenvalue weighted by Crippen LogP contribution is 2.17. The molecule has 0 spiro atoms. The van der Waals surface area contributed by atoms with Crippen molar-refractivity contribution in [2.24, 2.45) is 0 Å². The fourth-order valence-electron chi connectivity index (χ4n) is 1.41. The molecule has 0 bridgehead atoms. The average molecular weight is 222 g/mol. The lowest BCUT2D eigenvalue weighted by atomic mass is 10.00. The number of benzene rings is 1. The highest BCUT2D eigenvalue weighted by atomic mass is 16.5. The number of nitrogens with one attached hydrogen (secondary N) is 1. The maximum atomic E-state index is 11.7. The van der Waals surface area contributed by atoms with Gasteiger partial charge < -0.3 is 15.8 Å². The second-order valence-corrected chi connectivity index (χ2v) is 3.68. The molecule has 0 aliphatic carbocycles. The van der Waals surface area contributed by atoms with Crippen molar-refractivity contribution in [3.8, 4) is 0 Å². The zero-order valence-corrected chi connectivity index (χ0v) is 9.69. The van der Waals surface area contributed by atoms with Crippen LogP contribution in [-0.4, -0.2) is 26.2 Å². The minimum absolute atomic E-state index is 0.0114. The molecule has 3 N–H and O–H groups in total. The molecular weight excluding hydrogens is 204 g/mol. The molecule has 88 valence electrons. The minimum Gasteiger partial charge on any atom is -0.399 e. The first kappa shape index (κ1) is 12.5. The minimum atomic E-state index is -0.194. The number of methoxy groups -OCH3 is 1. The summed E-state index contributed by atoms with van der Waals surface area (Å²) in [6.07, 6.45) is 0. The Labute approximate surface area is 95.8 Å². The van der Waals surface area contributed by atoms with E-state index in [1.54, 1.807) is 13.2 Å². The number of hydrogen-bond acceptors (Lipinski definition) is 3. The first-order valence-corrected chi connectivity index (χ1v) is 5.27. The number of rotatable bonds is 5. The summed E-state index contributed by atoms with van der Waals surface area (Å²) in [5.41, 5.74) is 7.27. The van der Waals surface area contributed by atoms with Gasteiger partial charge >= 0.3 is 0 Å². The largest absolute Gasteiger partial charge is 0.399 e. The Morgan fingerprint density at radius 2 is 2.31 bits per heavy atom. The predicted molar refractivity (Wildman–Crippen MR) is 64.2 cm³/mol. The van der Waals surface area contributed by atoms with Crippen molar-refractivity contribution in [1.82, 2.24) is 5.32 Å². The van der Waals surface area contributed by atoms with E-state index < -0.39 is 0 Å². The molecule has 4 heteroatoms. The fraction of sp³-hybridized carbons (Fsp3) is 0.417. The van der Waals surface area contributed by atoms with Crippen molar-refractivity contribution in [2.75, 3.05) is 26.0 Å². The van der Waals surface area contributed by atoms with Gasteiger partial charge in [-0.2, -0.15) is 0 Å². The lowest BCUT2D eigenvalue weighted by molar-refractivity contribution is -0.122. The number of carbonyl (C=O) groups is 1. The van der Waals surface area contributed by atoms with E-state index in [0.717, 1.165) is 5.56 Å². The van der Waals surface area contributed by atoms with Crippen molar-refractivity contribution in [1.29, 1.82) is 0 Å². The van der Waals surface area contributed by atoms with Gasteiger partial charge in [-0.1, -0.05) is 12.1 Å². The SMILES string of the molecule is COCCNC(=O)C(C)c1cccc(N)c1. The summed E-state index contributed by atoms with van der Waals surface area (Å²) in [6.45, 7) is 2.91. The van der Waals surface area contributed by atoms with E-state index in [4.69, 9.17) is 10.5 Å². The van der Waals surface area contributed by atoms with Crippen LogP contribution in [0.5, 0.6) is 0 Å². The summed E-state index contributed by atoms with van der Waals surface area (Å²) >= 11 is 0. The number of anilines is 1. The normalized spacial score (nSPS) is 12.1. The van der Waals surface area contributed by atoms with Crippen molar-refractivity contribution < 1.29 is 9.53 Å². The maximum absolute atomic E-state index is 11.7. The third kappa shape index (κ3) is 3.55. The van der Waals surface area contributed by atoms with Crippen LogP contribution in [0.2, 0.25) is 0 Å². The molecule has 1 unspecified atom stereocenters. The molecule has 1 aromatic carbocycles. The molecular formula is C12H18N2O2. The molecule has 0 aliphatic rings. The summed E-state index contributed by atoms with van der Waals surface area (Å²) in [6, 6.07) is 7.38. The maximum Gasteiger partial charge on any atom is 0.227 e. The van der Waals surface area contributed by atoms with Crippen molar-refractivity contribution >= 4 is 11.6 Å². The van der Waals surface area contributed by atoms with Crippen molar-refractivity contribution in [3.05, 3.63) is 29.8 Å². The van der Waals surface area contributed by atoms with E-state index in [2.05, 4.69) is 5.32 Å². The molecule has 1 amide bonds. The Bertz CT molecular complexity index is 353. The lowest BCUT2D eigenvalue weighted by Gasteiger charge is -2.12. The first-order valence-electron chi connectivity index (χ1n) is 5.27. The summed E-state index contributed by atoms with van der Waals surface area (Å²) < 4.78 is 4.86. The van der Waals surface area contributed by atoms with Crippen LogP contribution in [0.25, 0.3) is 0 Å². The first-order chi connectivity index (χ1) is 7.65. The Balaban J connectivity index is 2.56. The highest BCUT2D eigenvalue weighted by molar-refractivity contribution is 5.83. The van der Waals surface area contributed by atoms with Crippen LogP contribution in [0.4, 0.5) is 5.69 Å². The third-order valence-corrected chi connectivity index (χ3v) is 2.41. The molecule has 0 saturated carbocycles. The quantitative estimate of drug-likeness (QED) is 0.580. The standard InChI is InChI=1S/C12H18N2O2/c1-9(12(15)14-6-7-16-2)10-4-3-5-11(13)8-10/h3-5,8-9H,6-7,13H2,1-2H3,(H,14,15). The molecule has 0 saturated heterocycles. The van der Waals surface area contributed by atoms with E-state index in [0.29, 0.717) is 18.8 Å². The lowest BCUT2D eigenvalue weighted by Crippen LogP contribution is -2.30. The van der Waals surface area contributed by atoms with Gasteiger partial charge in [-0.25, -0.2) is 0 Å². The topological polar surface area (TPSA) is 64.3 Å². The summed E-state index contributed by atoms with van der Waals surface area (Å²) in [5, 5.41) is 2.80. The number of nitrogen functional groups attached to an aromatic ring is 1. The number of ether oxygens (including phenoxy) is 1. The second-order valence-electron chi connectivity index (χ2n) is 3.68. The van der Waals surface area contributed by atoms with Gasteiger partial charge in [0.2, 0.25) is 5.91 Å². The predicted octanol–water partition coefficient (Wildman–Crippen LogP) is 1.13. The van der Waals surface area contributed by atoms with Gasteiger partial charge in [-0.3, -0.25) is 4.79 Å². The van der Waals surface area contributed by atoms with Crippen molar-refractivity contribution in [2.45, 2.75) is 12.8 Å². The summed E-state index contributed by atoms with van der Waals surface area (Å²) in [5.74, 6) is -0.206. The average Bonchev–Trinajstić information content (AvgIpc) is 2.28. The van der Waals surface area contributed by atoms with E-state index in [1.165, 1.54) is 0 Å². The Morgan fingerprint density at radius 3 is 2.94 bits per heavy atom. The van der Waals surface area contributed by atoms with Crippen molar-refractivity contribution in [3.63, 3.8) is 0 Å². The smallest absolute Gasteiger partial charge is 0.227 e. The van der Waals surface area contributed by atoms with Crippen LogP contribution in [0.15, 0.2) is 24.3 Å². The Kier molecular flexibility index (Phi) is 4.79. The van der Waals surface area contributed by atoms with E-state index >= 15 is 0 Å². The Morgan fingerprint density at radius 1 is 1.56 bits per heavy atom. The van der Waals surface area contributed by atoms with E-state index in [1.807, 2.05) is 25.1 Å². The van der Waals surface area contributed by atoms with Gasteiger partial charge in [0.15, 0.2) is 0 Å². The molecule has 0 fully saturated rings. The molecule has 16 heavy (non-hydrogen) atoms. The van der Waals surface area contributed by atoms with Crippen LogP contribution in [0.3, 0.4) is 0 Å². The molecule has 1 rings (SSSR count). The molecule has 0 aromatic heterocycles. The third-order valence-electron chi connectivity index (χ3n) is 2.41. The van der Waals surface area contributed by atoms with E-state index in [-0.39, 0.29) is 11.8 Å². The van der Waals surface area contributed by atoms with Crippen LogP contribution in [-0.2, 0) is 9.53 Å². The molecule has 0 radical (unpaired) electrons. The number of hydrogen-bond donors (Lipinski definition) is 2. The second kappa shape index (κ2) is 6.12. The number of nitrogens with two attached hydrogens (primary N) is 1. The summed E-state index contributed by atoms with van der Waals surface area (Å²) in [4.78, 5) is 11.7. The van der Waals surface area contributed by atoms with Gasteiger partial charge in [0, 0.05) is 19.3 Å². The number of amides is 1. The zero-order chi connectivity index (χ0) is 12.0. The van der Waals surface area contributed by atoms with Crippen LogP contribution in [0.1, 0.15) is 18.4 Å². The van der Waals surface area contributed by atoms with Crippen LogP contribution in [0, 0.1) is 0 Å². The number of carbonyl (C=O) groups excluding carboxylic acids is 1. The van der Waals surface area contributed by atoms with E-state index in [9.17, 15) is 4.79 Å². The fourth-order valence-corrected chi connectivity index (χ4v) is 1.41. The monoisotopic (exact) mass is 222 g/mol. The van der Waals surface area contributed by atoms with Gasteiger partial charge in [-0.05, 0) is 24.6 Å². The highest BCUT2D eigenvalue weighted by Gasteiger charge is 2.14. The molecule has 4 nitrogen and oxygen atoms in total. The molecule has 0 aliphatic heterocycles. The van der Waals surface area contributed by atoms with Gasteiger partial charge in [0.25, 0.3) is 0 Å². The van der Waals surface area contributed by atoms with Gasteiger partial charge in [0.05, 0.1) is 12.5 Å². The molecule has 1 atom stereocenters. The van der Waals surface area contributed by atoms with Crippen LogP contribution >= 0.6 is 0 Å². The Hall–Kier alpha value is -1.55. The molecule has 1 aromatic rings. The molecule has 0 heterocycles. The zero-order valence-electron chi connectivity index (χ0n) is 9.69. The van der Waals surface area contributed by atoms with Gasteiger partial charge in [-0.15, -0.1) is 0 Å². The van der Waals surface area contributed by atoms with Gasteiger partial charge in [0.1, 0.15) is 0 Å². The van der Waals surface area contributed by atoms with Crippen LogP contribution < -0.4 is 11.1 Å².